The summed E-state index contributed by atoms with van der Waals surface area (Å²) in [5.41, 5.74) is 1.65. The standard InChI is InChI=1S/C16H23ClN2O2/c1-11(2)10-16(21)18-8-9-19(13(4)20)15-7-5-6-14(17)12(15)3/h5-7,11H,8-10H2,1-4H3,(H,18,21). The molecule has 0 saturated carbocycles. The summed E-state index contributed by atoms with van der Waals surface area (Å²) in [5.74, 6) is 0.263. The molecule has 5 heteroatoms. The molecular weight excluding hydrogens is 288 g/mol. The fourth-order valence-electron chi connectivity index (χ4n) is 2.09. The van der Waals surface area contributed by atoms with E-state index in [0.29, 0.717) is 30.5 Å². The molecule has 0 spiro atoms. The highest BCUT2D eigenvalue weighted by Gasteiger charge is 2.15. The van der Waals surface area contributed by atoms with Crippen molar-refractivity contribution in [2.45, 2.75) is 34.1 Å². The van der Waals surface area contributed by atoms with E-state index in [9.17, 15) is 9.59 Å². The van der Waals surface area contributed by atoms with Crippen molar-refractivity contribution in [1.29, 1.82) is 0 Å². The first-order valence-electron chi connectivity index (χ1n) is 7.12. The summed E-state index contributed by atoms with van der Waals surface area (Å²) in [6.45, 7) is 8.24. The van der Waals surface area contributed by atoms with Gasteiger partial charge in [-0.25, -0.2) is 0 Å². The fourth-order valence-corrected chi connectivity index (χ4v) is 2.26. The van der Waals surface area contributed by atoms with E-state index in [1.165, 1.54) is 6.92 Å². The molecule has 0 unspecified atom stereocenters. The molecule has 0 saturated heterocycles. The first-order chi connectivity index (χ1) is 9.82. The lowest BCUT2D eigenvalue weighted by atomic mass is 10.1. The Morgan fingerprint density at radius 2 is 2.00 bits per heavy atom. The number of carbonyl (C=O) groups is 2. The number of hydrogen-bond acceptors (Lipinski definition) is 2. The number of benzene rings is 1. The fraction of sp³-hybridized carbons (Fsp3) is 0.500. The molecule has 0 radical (unpaired) electrons. The molecule has 2 amide bonds. The quantitative estimate of drug-likeness (QED) is 0.877. The topological polar surface area (TPSA) is 49.4 Å². The maximum atomic E-state index is 11.8. The van der Waals surface area contributed by atoms with E-state index in [4.69, 9.17) is 11.6 Å². The summed E-state index contributed by atoms with van der Waals surface area (Å²) >= 11 is 6.10. The molecule has 1 aromatic carbocycles. The minimum atomic E-state index is -0.0709. The van der Waals surface area contributed by atoms with Gasteiger partial charge in [0.1, 0.15) is 0 Å². The molecule has 0 aliphatic heterocycles. The van der Waals surface area contributed by atoms with Crippen molar-refractivity contribution in [3.05, 3.63) is 28.8 Å². The van der Waals surface area contributed by atoms with Gasteiger partial charge in [-0.15, -0.1) is 0 Å². The molecule has 0 aliphatic carbocycles. The second kappa shape index (κ2) is 8.03. The SMILES string of the molecule is CC(=O)N(CCNC(=O)CC(C)C)c1cccc(Cl)c1C. The summed E-state index contributed by atoms with van der Waals surface area (Å²) in [6.07, 6.45) is 0.496. The van der Waals surface area contributed by atoms with Crippen LogP contribution in [0, 0.1) is 12.8 Å². The van der Waals surface area contributed by atoms with Crippen molar-refractivity contribution in [2.24, 2.45) is 5.92 Å². The summed E-state index contributed by atoms with van der Waals surface area (Å²) in [7, 11) is 0. The Balaban J connectivity index is 2.69. The number of carbonyl (C=O) groups excluding carboxylic acids is 2. The van der Waals surface area contributed by atoms with Gasteiger partial charge in [-0.3, -0.25) is 9.59 Å². The first kappa shape index (κ1) is 17.5. The van der Waals surface area contributed by atoms with Crippen LogP contribution in [0.25, 0.3) is 0 Å². The Kier molecular flexibility index (Phi) is 6.69. The van der Waals surface area contributed by atoms with Crippen LogP contribution in [0.4, 0.5) is 5.69 Å². The number of halogens is 1. The Morgan fingerprint density at radius 1 is 1.33 bits per heavy atom. The number of rotatable bonds is 6. The number of hydrogen-bond donors (Lipinski definition) is 1. The summed E-state index contributed by atoms with van der Waals surface area (Å²) < 4.78 is 0. The van der Waals surface area contributed by atoms with Gasteiger partial charge in [0.05, 0.1) is 0 Å². The van der Waals surface area contributed by atoms with Crippen molar-refractivity contribution >= 4 is 29.1 Å². The van der Waals surface area contributed by atoms with Crippen molar-refractivity contribution in [1.82, 2.24) is 5.32 Å². The van der Waals surface area contributed by atoms with Crippen molar-refractivity contribution in [3.8, 4) is 0 Å². The molecule has 116 valence electrons. The predicted octanol–water partition coefficient (Wildman–Crippen LogP) is 3.16. The Morgan fingerprint density at radius 3 is 2.57 bits per heavy atom. The molecule has 21 heavy (non-hydrogen) atoms. The lowest BCUT2D eigenvalue weighted by Gasteiger charge is -2.23. The second-order valence-electron chi connectivity index (χ2n) is 5.50. The number of anilines is 1. The van der Waals surface area contributed by atoms with E-state index in [1.54, 1.807) is 11.0 Å². The van der Waals surface area contributed by atoms with E-state index in [0.717, 1.165) is 11.3 Å². The van der Waals surface area contributed by atoms with E-state index in [-0.39, 0.29) is 11.8 Å². The third-order valence-corrected chi connectivity index (χ3v) is 3.57. The molecule has 0 fully saturated rings. The van der Waals surface area contributed by atoms with Crippen LogP contribution in [0.3, 0.4) is 0 Å². The molecule has 0 aliphatic rings. The molecule has 0 heterocycles. The van der Waals surface area contributed by atoms with Crippen LogP contribution in [0.15, 0.2) is 18.2 Å². The highest BCUT2D eigenvalue weighted by molar-refractivity contribution is 6.31. The van der Waals surface area contributed by atoms with Crippen LogP contribution in [0.1, 0.15) is 32.8 Å². The zero-order valence-electron chi connectivity index (χ0n) is 13.1. The predicted molar refractivity (Wildman–Crippen MR) is 86.7 cm³/mol. The van der Waals surface area contributed by atoms with E-state index in [2.05, 4.69) is 5.32 Å². The smallest absolute Gasteiger partial charge is 0.223 e. The third-order valence-electron chi connectivity index (χ3n) is 3.16. The van der Waals surface area contributed by atoms with E-state index >= 15 is 0 Å². The van der Waals surface area contributed by atoms with Gasteiger partial charge in [0.2, 0.25) is 11.8 Å². The highest BCUT2D eigenvalue weighted by Crippen LogP contribution is 2.26. The van der Waals surface area contributed by atoms with Gasteiger partial charge in [-0.05, 0) is 30.5 Å². The lowest BCUT2D eigenvalue weighted by Crippen LogP contribution is -2.38. The summed E-state index contributed by atoms with van der Waals surface area (Å²) in [5, 5.41) is 3.46. The second-order valence-corrected chi connectivity index (χ2v) is 5.91. The minimum Gasteiger partial charge on any atom is -0.354 e. The molecule has 0 bridgehead atoms. The lowest BCUT2D eigenvalue weighted by molar-refractivity contribution is -0.122. The van der Waals surface area contributed by atoms with E-state index < -0.39 is 0 Å². The van der Waals surface area contributed by atoms with Gasteiger partial charge in [-0.1, -0.05) is 31.5 Å². The minimum absolute atomic E-state index is 0.0105. The van der Waals surface area contributed by atoms with E-state index in [1.807, 2.05) is 32.9 Å². The van der Waals surface area contributed by atoms with Gasteiger partial charge in [0.25, 0.3) is 0 Å². The van der Waals surface area contributed by atoms with Crippen molar-refractivity contribution < 1.29 is 9.59 Å². The van der Waals surface area contributed by atoms with Gasteiger partial charge in [0.15, 0.2) is 0 Å². The summed E-state index contributed by atoms with van der Waals surface area (Å²) in [4.78, 5) is 25.1. The van der Waals surface area contributed by atoms with Crippen LogP contribution in [0.5, 0.6) is 0 Å². The zero-order valence-corrected chi connectivity index (χ0v) is 13.8. The summed E-state index contributed by atoms with van der Waals surface area (Å²) in [6, 6.07) is 5.47. The van der Waals surface area contributed by atoms with Gasteiger partial charge in [0, 0.05) is 37.1 Å². The van der Waals surface area contributed by atoms with Crippen molar-refractivity contribution in [3.63, 3.8) is 0 Å². The van der Waals surface area contributed by atoms with Crippen LogP contribution >= 0.6 is 11.6 Å². The van der Waals surface area contributed by atoms with Gasteiger partial charge >= 0.3 is 0 Å². The van der Waals surface area contributed by atoms with Crippen LogP contribution in [-0.4, -0.2) is 24.9 Å². The number of nitrogens with zero attached hydrogens (tertiary/aromatic N) is 1. The maximum absolute atomic E-state index is 11.8. The van der Waals surface area contributed by atoms with Crippen LogP contribution in [0.2, 0.25) is 5.02 Å². The Labute approximate surface area is 131 Å². The highest BCUT2D eigenvalue weighted by atomic mass is 35.5. The average Bonchev–Trinajstić information content (AvgIpc) is 2.37. The molecule has 1 aromatic rings. The van der Waals surface area contributed by atoms with Gasteiger partial charge in [-0.2, -0.15) is 0 Å². The normalized spacial score (nSPS) is 10.6. The first-order valence-corrected chi connectivity index (χ1v) is 7.50. The molecular formula is C16H23ClN2O2. The largest absolute Gasteiger partial charge is 0.354 e. The number of nitrogens with one attached hydrogen (secondary N) is 1. The Bertz CT molecular complexity index is 515. The maximum Gasteiger partial charge on any atom is 0.223 e. The molecule has 0 atom stereocenters. The molecule has 1 rings (SSSR count). The van der Waals surface area contributed by atoms with Gasteiger partial charge < -0.3 is 10.2 Å². The third kappa shape index (κ3) is 5.38. The van der Waals surface area contributed by atoms with Crippen molar-refractivity contribution in [2.75, 3.05) is 18.0 Å². The zero-order chi connectivity index (χ0) is 16.0. The average molecular weight is 311 g/mol. The molecule has 1 N–H and O–H groups in total. The monoisotopic (exact) mass is 310 g/mol. The Hall–Kier alpha value is -1.55. The van der Waals surface area contributed by atoms with Crippen LogP contribution in [-0.2, 0) is 9.59 Å². The number of amides is 2. The van der Waals surface area contributed by atoms with Crippen LogP contribution < -0.4 is 10.2 Å². The molecule has 4 nitrogen and oxygen atoms in total. The molecule has 0 aromatic heterocycles.